The molecule has 10 heteroatoms. The van der Waals surface area contributed by atoms with E-state index in [9.17, 15) is 9.59 Å². The Morgan fingerprint density at radius 2 is 1.76 bits per heavy atom. The predicted octanol–water partition coefficient (Wildman–Crippen LogP) is 4.00. The first-order valence-electron chi connectivity index (χ1n) is 11.8. The monoisotopic (exact) mass is 466 g/mol. The standard InChI is InChI=1S/C24H34N8O2/c1-4-11-26-24(34)32-14-10-18-8-9-19(15-20(18)32)29-21-16-22(28-17-27-21)30-23(33)25-12-7-13-31(5-2)6-3/h8-10,14-17H,4-7,11-13H2,1-3H3,(H,26,34)(H3,25,27,28,29,30,33). The second-order valence-electron chi connectivity index (χ2n) is 7.87. The van der Waals surface area contributed by atoms with Crippen molar-refractivity contribution in [1.29, 1.82) is 0 Å². The van der Waals surface area contributed by atoms with Crippen molar-refractivity contribution in [3.8, 4) is 0 Å². The van der Waals surface area contributed by atoms with E-state index in [1.165, 1.54) is 6.33 Å². The lowest BCUT2D eigenvalue weighted by atomic mass is 10.2. The number of nitrogens with one attached hydrogen (secondary N) is 4. The van der Waals surface area contributed by atoms with Crippen LogP contribution in [0.3, 0.4) is 0 Å². The highest BCUT2D eigenvalue weighted by atomic mass is 16.2. The van der Waals surface area contributed by atoms with Crippen molar-refractivity contribution < 1.29 is 9.59 Å². The minimum atomic E-state index is -0.304. The maximum atomic E-state index is 12.4. The van der Waals surface area contributed by atoms with Crippen molar-refractivity contribution in [2.24, 2.45) is 0 Å². The fraction of sp³-hybridized carbons (Fsp3) is 0.417. The summed E-state index contributed by atoms with van der Waals surface area (Å²) in [6.45, 7) is 10.4. The van der Waals surface area contributed by atoms with E-state index in [0.29, 0.717) is 24.7 Å². The zero-order valence-electron chi connectivity index (χ0n) is 20.1. The third-order valence-electron chi connectivity index (χ3n) is 5.45. The fourth-order valence-corrected chi connectivity index (χ4v) is 3.55. The van der Waals surface area contributed by atoms with Gasteiger partial charge in [-0.2, -0.15) is 0 Å². The molecule has 0 radical (unpaired) electrons. The van der Waals surface area contributed by atoms with E-state index < -0.39 is 0 Å². The van der Waals surface area contributed by atoms with Gasteiger partial charge < -0.3 is 20.9 Å². The molecule has 182 valence electrons. The van der Waals surface area contributed by atoms with Crippen LogP contribution in [0, 0.1) is 0 Å². The van der Waals surface area contributed by atoms with Gasteiger partial charge in [0.25, 0.3) is 0 Å². The number of rotatable bonds is 11. The van der Waals surface area contributed by atoms with E-state index in [4.69, 9.17) is 0 Å². The lowest BCUT2D eigenvalue weighted by Crippen LogP contribution is -2.32. The van der Waals surface area contributed by atoms with Gasteiger partial charge in [-0.05, 0) is 50.7 Å². The van der Waals surface area contributed by atoms with E-state index in [0.717, 1.165) is 49.1 Å². The highest BCUT2D eigenvalue weighted by Crippen LogP contribution is 2.23. The predicted molar refractivity (Wildman–Crippen MR) is 136 cm³/mol. The number of hydrogen-bond donors (Lipinski definition) is 4. The zero-order chi connectivity index (χ0) is 24.3. The Balaban J connectivity index is 1.59. The van der Waals surface area contributed by atoms with Crippen LogP contribution < -0.4 is 21.3 Å². The van der Waals surface area contributed by atoms with Gasteiger partial charge in [-0.1, -0.05) is 26.8 Å². The third-order valence-corrected chi connectivity index (χ3v) is 5.45. The number of fused-ring (bicyclic) bond motifs is 1. The molecule has 3 rings (SSSR count). The van der Waals surface area contributed by atoms with E-state index >= 15 is 0 Å². The average molecular weight is 467 g/mol. The molecule has 0 spiro atoms. The topological polar surface area (TPSA) is 116 Å². The molecule has 0 unspecified atom stereocenters. The minimum absolute atomic E-state index is 0.161. The highest BCUT2D eigenvalue weighted by molar-refractivity contribution is 5.93. The van der Waals surface area contributed by atoms with E-state index in [1.54, 1.807) is 16.8 Å². The molecule has 0 saturated carbocycles. The van der Waals surface area contributed by atoms with Gasteiger partial charge in [-0.25, -0.2) is 19.6 Å². The average Bonchev–Trinajstić information content (AvgIpc) is 3.26. The normalized spacial score (nSPS) is 10.9. The van der Waals surface area contributed by atoms with Crippen LogP contribution in [-0.2, 0) is 0 Å². The van der Waals surface area contributed by atoms with Crippen molar-refractivity contribution in [2.45, 2.75) is 33.6 Å². The molecule has 0 aliphatic heterocycles. The molecule has 34 heavy (non-hydrogen) atoms. The number of urea groups is 1. The largest absolute Gasteiger partial charge is 0.340 e. The Labute approximate surface area is 200 Å². The summed E-state index contributed by atoms with van der Waals surface area (Å²) >= 11 is 0. The highest BCUT2D eigenvalue weighted by Gasteiger charge is 2.10. The molecule has 2 heterocycles. The van der Waals surface area contributed by atoms with Gasteiger partial charge in [0.15, 0.2) is 0 Å². The van der Waals surface area contributed by atoms with Crippen LogP contribution in [0.1, 0.15) is 33.6 Å². The van der Waals surface area contributed by atoms with Gasteiger partial charge in [0.1, 0.15) is 18.0 Å². The Bertz CT molecular complexity index is 1090. The molecule has 2 aromatic heterocycles. The first-order chi connectivity index (χ1) is 16.5. The summed E-state index contributed by atoms with van der Waals surface area (Å²) in [5.41, 5.74) is 1.55. The molecule has 3 aromatic rings. The van der Waals surface area contributed by atoms with Gasteiger partial charge in [0, 0.05) is 36.4 Å². The molecule has 3 amide bonds. The van der Waals surface area contributed by atoms with Gasteiger partial charge in [0.05, 0.1) is 5.52 Å². The number of amides is 3. The second kappa shape index (κ2) is 12.5. The van der Waals surface area contributed by atoms with Crippen LogP contribution in [0.4, 0.5) is 26.9 Å². The van der Waals surface area contributed by atoms with Crippen LogP contribution in [-0.4, -0.2) is 64.2 Å². The first kappa shape index (κ1) is 25.0. The van der Waals surface area contributed by atoms with Gasteiger partial charge >= 0.3 is 12.1 Å². The van der Waals surface area contributed by atoms with Crippen molar-refractivity contribution in [1.82, 2.24) is 30.1 Å². The van der Waals surface area contributed by atoms with Crippen LogP contribution in [0.15, 0.2) is 42.9 Å². The number of nitrogens with zero attached hydrogens (tertiary/aromatic N) is 4. The number of aromatic nitrogens is 3. The van der Waals surface area contributed by atoms with Crippen molar-refractivity contribution >= 4 is 40.3 Å². The van der Waals surface area contributed by atoms with Crippen LogP contribution in [0.2, 0.25) is 0 Å². The van der Waals surface area contributed by atoms with Gasteiger partial charge in [-0.15, -0.1) is 0 Å². The first-order valence-corrected chi connectivity index (χ1v) is 11.8. The van der Waals surface area contributed by atoms with E-state index in [2.05, 4.69) is 50.0 Å². The lowest BCUT2D eigenvalue weighted by molar-refractivity contribution is 0.243. The maximum absolute atomic E-state index is 12.4. The second-order valence-corrected chi connectivity index (χ2v) is 7.87. The fourth-order valence-electron chi connectivity index (χ4n) is 3.55. The molecule has 0 bridgehead atoms. The third kappa shape index (κ3) is 6.92. The number of anilines is 3. The van der Waals surface area contributed by atoms with E-state index in [1.807, 2.05) is 31.2 Å². The number of benzene rings is 1. The van der Waals surface area contributed by atoms with Crippen LogP contribution in [0.5, 0.6) is 0 Å². The molecule has 0 aliphatic carbocycles. The Kier molecular flexibility index (Phi) is 9.21. The summed E-state index contributed by atoms with van der Waals surface area (Å²) in [7, 11) is 0. The Morgan fingerprint density at radius 3 is 2.53 bits per heavy atom. The van der Waals surface area contributed by atoms with E-state index in [-0.39, 0.29) is 12.1 Å². The SMILES string of the molecule is CCCNC(=O)n1ccc2ccc(Nc3cc(NC(=O)NCCCN(CC)CC)ncn3)cc21. The van der Waals surface area contributed by atoms with Gasteiger partial charge in [-0.3, -0.25) is 9.88 Å². The number of carbonyl (C=O) groups excluding carboxylic acids is 2. The van der Waals surface area contributed by atoms with Crippen LogP contribution in [0.25, 0.3) is 10.9 Å². The summed E-state index contributed by atoms with van der Waals surface area (Å²) in [6.07, 6.45) is 4.90. The summed E-state index contributed by atoms with van der Waals surface area (Å²) in [6, 6.07) is 8.83. The number of carbonyl (C=O) groups is 2. The van der Waals surface area contributed by atoms with Crippen molar-refractivity contribution in [3.05, 3.63) is 42.9 Å². The lowest BCUT2D eigenvalue weighted by Gasteiger charge is -2.17. The quantitative estimate of drug-likeness (QED) is 0.318. The molecule has 10 nitrogen and oxygen atoms in total. The summed E-state index contributed by atoms with van der Waals surface area (Å²) in [5.74, 6) is 0.918. The summed E-state index contributed by atoms with van der Waals surface area (Å²) in [5, 5.41) is 12.7. The molecule has 0 aliphatic rings. The number of hydrogen-bond acceptors (Lipinski definition) is 6. The van der Waals surface area contributed by atoms with Crippen molar-refractivity contribution in [2.75, 3.05) is 43.4 Å². The molecule has 0 fully saturated rings. The smallest absolute Gasteiger partial charge is 0.326 e. The molecule has 4 N–H and O–H groups in total. The maximum Gasteiger partial charge on any atom is 0.326 e. The molecule has 0 saturated heterocycles. The Morgan fingerprint density at radius 1 is 0.971 bits per heavy atom. The van der Waals surface area contributed by atoms with Crippen LogP contribution >= 0.6 is 0 Å². The molecule has 0 atom stereocenters. The van der Waals surface area contributed by atoms with Crippen molar-refractivity contribution in [3.63, 3.8) is 0 Å². The summed E-state index contributed by atoms with van der Waals surface area (Å²) < 4.78 is 1.59. The molecular formula is C24H34N8O2. The molecular weight excluding hydrogens is 432 g/mol. The summed E-state index contributed by atoms with van der Waals surface area (Å²) in [4.78, 5) is 35.3. The minimum Gasteiger partial charge on any atom is -0.340 e. The van der Waals surface area contributed by atoms with Gasteiger partial charge in [0.2, 0.25) is 0 Å². The molecule has 1 aromatic carbocycles. The zero-order valence-corrected chi connectivity index (χ0v) is 20.1. The Hall–Kier alpha value is -3.66.